The van der Waals surface area contributed by atoms with Crippen molar-refractivity contribution in [2.75, 3.05) is 5.32 Å². The summed E-state index contributed by atoms with van der Waals surface area (Å²) in [5.41, 5.74) is -0.826. The van der Waals surface area contributed by atoms with Crippen molar-refractivity contribution in [3.8, 4) is 0 Å². The lowest BCUT2D eigenvalue weighted by atomic mass is 10.2. The Morgan fingerprint density at radius 2 is 1.81 bits per heavy atom. The summed E-state index contributed by atoms with van der Waals surface area (Å²) in [6.07, 6.45) is -3.86. The lowest BCUT2D eigenvalue weighted by Crippen LogP contribution is -2.21. The molecule has 8 heteroatoms. The highest BCUT2D eigenvalue weighted by Gasteiger charge is 2.33. The maximum atomic E-state index is 12.7. The molecule has 2 rings (SSSR count). The molecule has 1 aromatic heterocycles. The van der Waals surface area contributed by atoms with Crippen molar-refractivity contribution in [3.05, 3.63) is 58.5 Å². The fraction of sp³-hybridized carbons (Fsp3) is 0.0769. The third kappa shape index (κ3) is 3.69. The molecular formula is C13H8ClF4N2O+. The van der Waals surface area contributed by atoms with Crippen molar-refractivity contribution in [2.24, 2.45) is 0 Å². The number of benzene rings is 1. The zero-order chi connectivity index (χ0) is 15.6. The zero-order valence-electron chi connectivity index (χ0n) is 10.3. The highest BCUT2D eigenvalue weighted by molar-refractivity contribution is 6.33. The van der Waals surface area contributed by atoms with Gasteiger partial charge in [-0.15, -0.1) is 0 Å². The van der Waals surface area contributed by atoms with Crippen molar-refractivity contribution >= 4 is 23.3 Å². The van der Waals surface area contributed by atoms with E-state index >= 15 is 0 Å². The number of H-pyrrole nitrogens is 1. The van der Waals surface area contributed by atoms with Gasteiger partial charge in [0.05, 0.1) is 11.1 Å². The van der Waals surface area contributed by atoms with E-state index in [0.717, 1.165) is 12.1 Å². The number of halogens is 5. The molecule has 0 saturated heterocycles. The van der Waals surface area contributed by atoms with Crippen LogP contribution in [0.5, 0.6) is 0 Å². The van der Waals surface area contributed by atoms with E-state index < -0.39 is 23.5 Å². The molecule has 0 fully saturated rings. The van der Waals surface area contributed by atoms with Crippen LogP contribution in [-0.2, 0) is 6.18 Å². The SMILES string of the molecule is O=C(Nc1[nH+]cc(C(F)(F)F)cc1Cl)c1ccc(F)cc1. The van der Waals surface area contributed by atoms with Gasteiger partial charge >= 0.3 is 12.1 Å². The normalized spacial score (nSPS) is 11.3. The molecule has 0 saturated carbocycles. The topological polar surface area (TPSA) is 43.2 Å². The van der Waals surface area contributed by atoms with Gasteiger partial charge in [-0.2, -0.15) is 13.2 Å². The van der Waals surface area contributed by atoms with Gasteiger partial charge in [-0.3, -0.25) is 0 Å². The van der Waals surface area contributed by atoms with Gasteiger partial charge in [0.2, 0.25) is 0 Å². The molecule has 0 spiro atoms. The minimum Gasteiger partial charge on any atom is -0.245 e. The lowest BCUT2D eigenvalue weighted by Gasteiger charge is -2.06. The van der Waals surface area contributed by atoms with E-state index in [1.54, 1.807) is 0 Å². The summed E-state index contributed by atoms with van der Waals surface area (Å²) in [5, 5.41) is 2.02. The van der Waals surface area contributed by atoms with Crippen molar-refractivity contribution in [1.82, 2.24) is 0 Å². The summed E-state index contributed by atoms with van der Waals surface area (Å²) in [7, 11) is 0. The van der Waals surface area contributed by atoms with E-state index in [9.17, 15) is 22.4 Å². The molecule has 3 nitrogen and oxygen atoms in total. The number of amides is 1. The third-order valence-corrected chi connectivity index (χ3v) is 2.86. The number of hydrogen-bond donors (Lipinski definition) is 1. The summed E-state index contributed by atoms with van der Waals surface area (Å²) >= 11 is 5.69. The van der Waals surface area contributed by atoms with E-state index in [1.807, 2.05) is 0 Å². The van der Waals surface area contributed by atoms with Gasteiger partial charge in [0.1, 0.15) is 17.0 Å². The summed E-state index contributed by atoms with van der Waals surface area (Å²) in [5.74, 6) is -1.22. The molecule has 0 bridgehead atoms. The van der Waals surface area contributed by atoms with Crippen molar-refractivity contribution in [2.45, 2.75) is 6.18 Å². The Hall–Kier alpha value is -2.15. The van der Waals surface area contributed by atoms with Crippen LogP contribution in [0.4, 0.5) is 23.4 Å². The van der Waals surface area contributed by atoms with Crippen LogP contribution in [0.3, 0.4) is 0 Å². The molecule has 1 amide bonds. The Balaban J connectivity index is 2.20. The third-order valence-electron chi connectivity index (χ3n) is 2.57. The summed E-state index contributed by atoms with van der Waals surface area (Å²) < 4.78 is 50.1. The molecule has 1 heterocycles. The van der Waals surface area contributed by atoms with Crippen molar-refractivity contribution in [3.63, 3.8) is 0 Å². The molecule has 110 valence electrons. The highest BCUT2D eigenvalue weighted by Crippen LogP contribution is 2.31. The van der Waals surface area contributed by atoms with E-state index in [-0.39, 0.29) is 16.4 Å². The Bertz CT molecular complexity index is 671. The largest absolute Gasteiger partial charge is 0.419 e. The first-order chi connectivity index (χ1) is 9.77. The van der Waals surface area contributed by atoms with E-state index in [2.05, 4.69) is 10.3 Å². The second-order valence-corrected chi connectivity index (χ2v) is 4.48. The molecule has 0 unspecified atom stereocenters. The summed E-state index contributed by atoms with van der Waals surface area (Å²) in [4.78, 5) is 14.1. The number of carbonyl (C=O) groups excluding carboxylic acids is 1. The van der Waals surface area contributed by atoms with Gasteiger partial charge in [-0.25, -0.2) is 19.5 Å². The standard InChI is InChI=1S/C13H7ClF4N2O/c14-10-5-8(13(16,17)18)6-19-11(10)20-12(21)7-1-3-9(15)4-2-7/h1-6H,(H,19,20,21)/p+1. The lowest BCUT2D eigenvalue weighted by molar-refractivity contribution is -0.364. The Labute approximate surface area is 121 Å². The van der Waals surface area contributed by atoms with Crippen LogP contribution < -0.4 is 10.3 Å². The number of alkyl halides is 3. The highest BCUT2D eigenvalue weighted by atomic mass is 35.5. The van der Waals surface area contributed by atoms with Crippen LogP contribution in [0.1, 0.15) is 15.9 Å². The first kappa shape index (κ1) is 15.2. The van der Waals surface area contributed by atoms with Gasteiger partial charge in [-0.1, -0.05) is 11.6 Å². The first-order valence-corrected chi connectivity index (χ1v) is 6.00. The minimum atomic E-state index is -4.54. The van der Waals surface area contributed by atoms with Crippen LogP contribution in [0, 0.1) is 5.82 Å². The van der Waals surface area contributed by atoms with E-state index in [0.29, 0.717) is 12.3 Å². The molecule has 0 atom stereocenters. The number of pyridine rings is 1. The molecule has 2 N–H and O–H groups in total. The second-order valence-electron chi connectivity index (χ2n) is 4.07. The van der Waals surface area contributed by atoms with Crippen LogP contribution in [0.2, 0.25) is 5.02 Å². The van der Waals surface area contributed by atoms with Gasteiger partial charge in [0, 0.05) is 0 Å². The average Bonchev–Trinajstić information content (AvgIpc) is 2.40. The number of aromatic amines is 1. The van der Waals surface area contributed by atoms with Crippen LogP contribution in [-0.4, -0.2) is 5.91 Å². The number of nitrogens with one attached hydrogen (secondary N) is 2. The number of anilines is 1. The van der Waals surface area contributed by atoms with Gasteiger partial charge in [-0.05, 0) is 30.3 Å². The van der Waals surface area contributed by atoms with E-state index in [1.165, 1.54) is 12.1 Å². The van der Waals surface area contributed by atoms with Crippen LogP contribution in [0.25, 0.3) is 0 Å². The molecule has 0 aliphatic carbocycles. The molecule has 21 heavy (non-hydrogen) atoms. The predicted molar refractivity (Wildman–Crippen MR) is 67.4 cm³/mol. The Morgan fingerprint density at radius 1 is 1.19 bits per heavy atom. The van der Waals surface area contributed by atoms with Crippen LogP contribution in [0.15, 0.2) is 36.5 Å². The smallest absolute Gasteiger partial charge is 0.245 e. The van der Waals surface area contributed by atoms with Gasteiger partial charge in [0.15, 0.2) is 0 Å². The Kier molecular flexibility index (Phi) is 4.13. The monoisotopic (exact) mass is 319 g/mol. The molecule has 0 aliphatic heterocycles. The molecular weight excluding hydrogens is 312 g/mol. The summed E-state index contributed by atoms with van der Waals surface area (Å²) in [6.45, 7) is 0. The number of aromatic nitrogens is 1. The quantitative estimate of drug-likeness (QED) is 0.845. The second kappa shape index (κ2) is 5.69. The van der Waals surface area contributed by atoms with Crippen molar-refractivity contribution in [1.29, 1.82) is 0 Å². The first-order valence-electron chi connectivity index (χ1n) is 5.63. The molecule has 2 aromatic rings. The molecule has 1 aromatic carbocycles. The van der Waals surface area contributed by atoms with Crippen LogP contribution >= 0.6 is 11.6 Å². The Morgan fingerprint density at radius 3 is 2.33 bits per heavy atom. The fourth-order valence-electron chi connectivity index (χ4n) is 1.52. The number of hydrogen-bond acceptors (Lipinski definition) is 1. The van der Waals surface area contributed by atoms with Gasteiger partial charge < -0.3 is 0 Å². The predicted octanol–water partition coefficient (Wildman–Crippen LogP) is 3.56. The number of rotatable bonds is 2. The minimum absolute atomic E-state index is 0.0843. The fourth-order valence-corrected chi connectivity index (χ4v) is 1.73. The number of carbonyl (C=O) groups is 1. The summed E-state index contributed by atoms with van der Waals surface area (Å²) in [6, 6.07) is 5.35. The van der Waals surface area contributed by atoms with Crippen molar-refractivity contribution < 1.29 is 27.3 Å². The maximum Gasteiger partial charge on any atom is 0.419 e. The maximum absolute atomic E-state index is 12.7. The molecule has 0 radical (unpaired) electrons. The molecule has 0 aliphatic rings. The van der Waals surface area contributed by atoms with E-state index in [4.69, 9.17) is 11.6 Å². The van der Waals surface area contributed by atoms with Gasteiger partial charge in [0.25, 0.3) is 5.82 Å². The zero-order valence-corrected chi connectivity index (χ0v) is 11.0. The average molecular weight is 320 g/mol.